The van der Waals surface area contributed by atoms with Gasteiger partial charge in [0, 0.05) is 17.1 Å². The van der Waals surface area contributed by atoms with Gasteiger partial charge in [-0.15, -0.1) is 0 Å². The van der Waals surface area contributed by atoms with E-state index in [9.17, 15) is 18.0 Å². The van der Waals surface area contributed by atoms with Gasteiger partial charge in [0.15, 0.2) is 5.78 Å². The molecular formula is C19H18ClNO5S. The molecule has 0 N–H and O–H groups in total. The summed E-state index contributed by atoms with van der Waals surface area (Å²) < 4.78 is 32.3. The van der Waals surface area contributed by atoms with Gasteiger partial charge in [0.2, 0.25) is 0 Å². The van der Waals surface area contributed by atoms with Crippen LogP contribution in [0.15, 0.2) is 47.4 Å². The summed E-state index contributed by atoms with van der Waals surface area (Å²) in [5.74, 6) is -2.27. The molecule has 1 aliphatic rings. The van der Waals surface area contributed by atoms with Crippen molar-refractivity contribution < 1.29 is 22.7 Å². The maximum atomic E-state index is 13.2. The fourth-order valence-electron chi connectivity index (χ4n) is 3.06. The summed E-state index contributed by atoms with van der Waals surface area (Å²) in [5, 5.41) is 0.278. The number of rotatable bonds is 3. The highest BCUT2D eigenvalue weighted by molar-refractivity contribution is 7.92. The van der Waals surface area contributed by atoms with Crippen molar-refractivity contribution in [3.8, 4) is 0 Å². The van der Waals surface area contributed by atoms with Crippen LogP contribution in [0, 0.1) is 12.8 Å². The number of esters is 1. The summed E-state index contributed by atoms with van der Waals surface area (Å²) in [5.41, 5.74) is 1.22. The standard InChI is InChI=1S/C19H18ClNO5S/c1-12-3-6-14(7-4-12)27(24,25)21-10-9-15(19(23)26-2)18(22)16-11-13(20)5-8-17(16)21/h3-8,11,15H,9-10H2,1-2H3. The molecule has 6 nitrogen and oxygen atoms in total. The van der Waals surface area contributed by atoms with Gasteiger partial charge in [0.1, 0.15) is 5.92 Å². The maximum absolute atomic E-state index is 13.2. The van der Waals surface area contributed by atoms with E-state index >= 15 is 0 Å². The molecule has 0 aromatic heterocycles. The molecule has 0 saturated carbocycles. The zero-order valence-electron chi connectivity index (χ0n) is 14.8. The van der Waals surface area contributed by atoms with Crippen LogP contribution in [0.4, 0.5) is 5.69 Å². The predicted molar refractivity (Wildman–Crippen MR) is 102 cm³/mol. The van der Waals surface area contributed by atoms with Gasteiger partial charge < -0.3 is 4.74 Å². The molecule has 0 amide bonds. The van der Waals surface area contributed by atoms with Gasteiger partial charge >= 0.3 is 5.97 Å². The predicted octanol–water partition coefficient (Wildman–Crippen LogP) is 3.22. The summed E-state index contributed by atoms with van der Waals surface area (Å²) in [6, 6.07) is 10.8. The van der Waals surface area contributed by atoms with Crippen LogP contribution in [-0.2, 0) is 19.6 Å². The second-order valence-electron chi connectivity index (χ2n) is 6.28. The molecule has 1 atom stereocenters. The van der Waals surface area contributed by atoms with Gasteiger partial charge in [0.05, 0.1) is 17.7 Å². The molecule has 0 aliphatic carbocycles. The first-order chi connectivity index (χ1) is 12.8. The lowest BCUT2D eigenvalue weighted by molar-refractivity contribution is -0.143. The first-order valence-corrected chi connectivity index (χ1v) is 10.1. The van der Waals surface area contributed by atoms with Gasteiger partial charge in [0.25, 0.3) is 10.0 Å². The molecule has 0 bridgehead atoms. The Bertz CT molecular complexity index is 1000. The smallest absolute Gasteiger partial charge is 0.316 e. The van der Waals surface area contributed by atoms with Crippen molar-refractivity contribution in [2.45, 2.75) is 18.2 Å². The number of Topliss-reactive ketones (excluding diaryl/α,β-unsaturated/α-hetero) is 1. The third-order valence-corrected chi connectivity index (χ3v) is 6.59. The van der Waals surface area contributed by atoms with E-state index in [4.69, 9.17) is 16.3 Å². The summed E-state index contributed by atoms with van der Waals surface area (Å²) in [7, 11) is -2.73. The lowest BCUT2D eigenvalue weighted by Gasteiger charge is -2.24. The summed E-state index contributed by atoms with van der Waals surface area (Å²) >= 11 is 6.02. The summed E-state index contributed by atoms with van der Waals surface area (Å²) in [4.78, 5) is 25.0. The van der Waals surface area contributed by atoms with Gasteiger partial charge in [-0.1, -0.05) is 29.3 Å². The monoisotopic (exact) mass is 407 g/mol. The number of ketones is 1. The van der Waals surface area contributed by atoms with Crippen molar-refractivity contribution in [1.82, 2.24) is 0 Å². The van der Waals surface area contributed by atoms with Crippen molar-refractivity contribution >= 4 is 39.1 Å². The molecule has 1 heterocycles. The van der Waals surface area contributed by atoms with Gasteiger partial charge in [-0.2, -0.15) is 0 Å². The number of sulfonamides is 1. The number of benzene rings is 2. The molecule has 2 aromatic carbocycles. The average molecular weight is 408 g/mol. The molecule has 1 unspecified atom stereocenters. The number of halogens is 1. The highest BCUT2D eigenvalue weighted by Gasteiger charge is 2.38. The number of hydrogen-bond acceptors (Lipinski definition) is 5. The second-order valence-corrected chi connectivity index (χ2v) is 8.58. The number of hydrogen-bond donors (Lipinski definition) is 0. The Kier molecular flexibility index (Phi) is 5.26. The number of methoxy groups -OCH3 is 1. The third-order valence-electron chi connectivity index (χ3n) is 4.52. The van der Waals surface area contributed by atoms with Crippen LogP contribution in [0.2, 0.25) is 5.02 Å². The second kappa shape index (κ2) is 7.32. The maximum Gasteiger partial charge on any atom is 0.316 e. The van der Waals surface area contributed by atoms with Crippen LogP contribution in [0.5, 0.6) is 0 Å². The lowest BCUT2D eigenvalue weighted by atomic mass is 9.95. The number of nitrogens with zero attached hydrogens (tertiary/aromatic N) is 1. The van der Waals surface area contributed by atoms with Crippen LogP contribution in [0.25, 0.3) is 0 Å². The van der Waals surface area contributed by atoms with E-state index in [2.05, 4.69) is 0 Å². The van der Waals surface area contributed by atoms with Crippen molar-refractivity contribution in [1.29, 1.82) is 0 Å². The first kappa shape index (κ1) is 19.4. The first-order valence-electron chi connectivity index (χ1n) is 8.26. The zero-order chi connectivity index (χ0) is 19.8. The zero-order valence-corrected chi connectivity index (χ0v) is 16.4. The van der Waals surface area contributed by atoms with E-state index in [1.807, 2.05) is 6.92 Å². The Morgan fingerprint density at radius 1 is 1.19 bits per heavy atom. The largest absolute Gasteiger partial charge is 0.468 e. The molecule has 2 aromatic rings. The quantitative estimate of drug-likeness (QED) is 0.576. The number of fused-ring (bicyclic) bond motifs is 1. The minimum absolute atomic E-state index is 0.0168. The summed E-state index contributed by atoms with van der Waals surface area (Å²) in [6.45, 7) is 1.83. The van der Waals surface area contributed by atoms with E-state index in [1.165, 1.54) is 37.4 Å². The number of anilines is 1. The van der Waals surface area contributed by atoms with E-state index in [1.54, 1.807) is 12.1 Å². The van der Waals surface area contributed by atoms with Crippen LogP contribution in [0.3, 0.4) is 0 Å². The Hall–Kier alpha value is -2.38. The van der Waals surface area contributed by atoms with Crippen LogP contribution < -0.4 is 4.31 Å². The number of carbonyl (C=O) groups excluding carboxylic acids is 2. The highest BCUT2D eigenvalue weighted by Crippen LogP contribution is 2.35. The minimum atomic E-state index is -3.92. The Morgan fingerprint density at radius 2 is 1.85 bits per heavy atom. The Labute approximate surface area is 162 Å². The van der Waals surface area contributed by atoms with E-state index in [0.717, 1.165) is 9.87 Å². The molecule has 142 valence electrons. The Morgan fingerprint density at radius 3 is 2.48 bits per heavy atom. The number of carbonyl (C=O) groups is 2. The molecular weight excluding hydrogens is 390 g/mol. The normalized spacial score (nSPS) is 17.2. The number of ether oxygens (including phenoxy) is 1. The van der Waals surface area contributed by atoms with Crippen molar-refractivity contribution in [2.24, 2.45) is 5.92 Å². The fraction of sp³-hybridized carbons (Fsp3) is 0.263. The Balaban J connectivity index is 2.15. The molecule has 27 heavy (non-hydrogen) atoms. The van der Waals surface area contributed by atoms with Crippen molar-refractivity contribution in [3.05, 3.63) is 58.6 Å². The average Bonchev–Trinajstić information content (AvgIpc) is 2.78. The third kappa shape index (κ3) is 3.57. The van der Waals surface area contributed by atoms with E-state index in [0.29, 0.717) is 0 Å². The van der Waals surface area contributed by atoms with Crippen LogP contribution >= 0.6 is 11.6 Å². The van der Waals surface area contributed by atoms with Crippen LogP contribution in [-0.4, -0.2) is 33.8 Å². The SMILES string of the molecule is COC(=O)C1CCN(S(=O)(=O)c2ccc(C)cc2)c2ccc(Cl)cc2C1=O. The van der Waals surface area contributed by atoms with Gasteiger partial charge in [-0.25, -0.2) is 8.42 Å². The topological polar surface area (TPSA) is 80.8 Å². The molecule has 8 heteroatoms. The van der Waals surface area contributed by atoms with Crippen molar-refractivity contribution in [3.63, 3.8) is 0 Å². The van der Waals surface area contributed by atoms with E-state index in [-0.39, 0.29) is 34.1 Å². The summed E-state index contributed by atoms with van der Waals surface area (Å²) in [6.07, 6.45) is 0.0168. The molecule has 3 rings (SSSR count). The molecule has 0 fully saturated rings. The molecule has 0 radical (unpaired) electrons. The van der Waals surface area contributed by atoms with Crippen molar-refractivity contribution in [2.75, 3.05) is 18.0 Å². The van der Waals surface area contributed by atoms with Gasteiger partial charge in [-0.3, -0.25) is 13.9 Å². The van der Waals surface area contributed by atoms with E-state index < -0.39 is 27.7 Å². The molecule has 0 saturated heterocycles. The fourth-order valence-corrected chi connectivity index (χ4v) is 4.73. The van der Waals surface area contributed by atoms with Crippen LogP contribution in [0.1, 0.15) is 22.3 Å². The molecule has 1 aliphatic heterocycles. The minimum Gasteiger partial charge on any atom is -0.468 e. The highest BCUT2D eigenvalue weighted by atomic mass is 35.5. The molecule has 0 spiro atoms. The lowest BCUT2D eigenvalue weighted by Crippen LogP contribution is -2.32. The van der Waals surface area contributed by atoms with Gasteiger partial charge in [-0.05, 0) is 43.7 Å². The number of aryl methyl sites for hydroxylation is 1.